The van der Waals surface area contributed by atoms with Crippen LogP contribution in [0.1, 0.15) is 10.4 Å². The molecule has 4 nitrogen and oxygen atoms in total. The molecule has 0 saturated heterocycles. The molecule has 0 aliphatic heterocycles. The highest BCUT2D eigenvalue weighted by atomic mass is 35.5. The molecule has 0 fully saturated rings. The Labute approximate surface area is 130 Å². The van der Waals surface area contributed by atoms with Crippen LogP contribution in [0.2, 0.25) is 10.3 Å². The topological polar surface area (TPSA) is 54.9 Å². The van der Waals surface area contributed by atoms with Crippen LogP contribution in [-0.2, 0) is 0 Å². The number of fused-ring (bicyclic) bond motifs is 1. The molecule has 3 aromatic rings. The predicted molar refractivity (Wildman–Crippen MR) is 84.0 cm³/mol. The van der Waals surface area contributed by atoms with Crippen molar-refractivity contribution in [1.29, 1.82) is 0 Å². The maximum Gasteiger partial charge on any atom is 0.258 e. The summed E-state index contributed by atoms with van der Waals surface area (Å²) in [5.74, 6) is -0.347. The average Bonchev–Trinajstić information content (AvgIpc) is 2.47. The third-order valence-electron chi connectivity index (χ3n) is 2.95. The largest absolute Gasteiger partial charge is 0.321 e. The Balaban J connectivity index is 1.97. The van der Waals surface area contributed by atoms with Crippen LogP contribution in [-0.4, -0.2) is 15.9 Å². The van der Waals surface area contributed by atoms with Gasteiger partial charge in [-0.2, -0.15) is 0 Å². The second-order valence-electron chi connectivity index (χ2n) is 4.30. The molecule has 1 aromatic carbocycles. The van der Waals surface area contributed by atoms with Gasteiger partial charge in [-0.3, -0.25) is 9.78 Å². The second-order valence-corrected chi connectivity index (χ2v) is 5.05. The third-order valence-corrected chi connectivity index (χ3v) is 3.45. The number of nitrogens with zero attached hydrogens (tertiary/aromatic N) is 2. The summed E-state index contributed by atoms with van der Waals surface area (Å²) in [7, 11) is 0. The number of amides is 1. The first-order chi connectivity index (χ1) is 10.1. The fourth-order valence-electron chi connectivity index (χ4n) is 1.98. The summed E-state index contributed by atoms with van der Waals surface area (Å²) < 4.78 is 0. The van der Waals surface area contributed by atoms with Crippen molar-refractivity contribution in [3.8, 4) is 0 Å². The summed E-state index contributed by atoms with van der Waals surface area (Å²) in [6, 6.07) is 12.3. The Morgan fingerprint density at radius 3 is 2.71 bits per heavy atom. The lowest BCUT2D eigenvalue weighted by Crippen LogP contribution is -2.13. The smallest absolute Gasteiger partial charge is 0.258 e. The molecule has 0 radical (unpaired) electrons. The van der Waals surface area contributed by atoms with E-state index in [4.69, 9.17) is 23.2 Å². The van der Waals surface area contributed by atoms with Crippen LogP contribution in [0.25, 0.3) is 10.9 Å². The first-order valence-corrected chi connectivity index (χ1v) is 6.88. The highest BCUT2D eigenvalue weighted by molar-refractivity contribution is 6.35. The van der Waals surface area contributed by atoms with E-state index in [0.29, 0.717) is 5.69 Å². The SMILES string of the molecule is O=C(Nc1cccc2ncccc12)c1ccc(Cl)nc1Cl. The van der Waals surface area contributed by atoms with Crippen molar-refractivity contribution >= 4 is 45.7 Å². The van der Waals surface area contributed by atoms with Crippen LogP contribution in [0.5, 0.6) is 0 Å². The molecule has 0 aliphatic carbocycles. The Morgan fingerprint density at radius 1 is 1.05 bits per heavy atom. The highest BCUT2D eigenvalue weighted by Gasteiger charge is 2.13. The highest BCUT2D eigenvalue weighted by Crippen LogP contribution is 2.23. The number of pyridine rings is 2. The Kier molecular flexibility index (Phi) is 3.73. The van der Waals surface area contributed by atoms with Crippen LogP contribution < -0.4 is 5.32 Å². The first-order valence-electron chi connectivity index (χ1n) is 6.12. The third kappa shape index (κ3) is 2.82. The molecule has 0 unspecified atom stereocenters. The lowest BCUT2D eigenvalue weighted by Gasteiger charge is -2.09. The van der Waals surface area contributed by atoms with Crippen LogP contribution in [0.4, 0.5) is 5.69 Å². The average molecular weight is 318 g/mol. The Bertz CT molecular complexity index is 831. The number of carbonyl (C=O) groups excluding carboxylic acids is 1. The number of halogens is 2. The van der Waals surface area contributed by atoms with Gasteiger partial charge in [-0.05, 0) is 36.4 Å². The Morgan fingerprint density at radius 2 is 1.90 bits per heavy atom. The molecule has 1 amide bonds. The Hall–Kier alpha value is -2.17. The summed E-state index contributed by atoms with van der Waals surface area (Å²) >= 11 is 11.7. The monoisotopic (exact) mass is 317 g/mol. The van der Waals surface area contributed by atoms with Gasteiger partial charge in [0.15, 0.2) is 0 Å². The molecule has 104 valence electrons. The number of rotatable bonds is 2. The van der Waals surface area contributed by atoms with E-state index in [1.807, 2.05) is 24.3 Å². The van der Waals surface area contributed by atoms with Crippen molar-refractivity contribution < 1.29 is 4.79 Å². The van der Waals surface area contributed by atoms with Gasteiger partial charge in [-0.1, -0.05) is 29.3 Å². The van der Waals surface area contributed by atoms with Crippen molar-refractivity contribution in [2.45, 2.75) is 0 Å². The summed E-state index contributed by atoms with van der Waals surface area (Å²) in [5.41, 5.74) is 1.73. The van der Waals surface area contributed by atoms with Gasteiger partial charge in [-0.15, -0.1) is 0 Å². The van der Waals surface area contributed by atoms with Crippen molar-refractivity contribution in [2.75, 3.05) is 5.32 Å². The van der Waals surface area contributed by atoms with Gasteiger partial charge in [0.2, 0.25) is 0 Å². The van der Waals surface area contributed by atoms with E-state index in [1.54, 1.807) is 12.3 Å². The fraction of sp³-hybridized carbons (Fsp3) is 0. The summed E-state index contributed by atoms with van der Waals surface area (Å²) in [6.45, 7) is 0. The normalized spacial score (nSPS) is 10.6. The number of anilines is 1. The molecule has 1 N–H and O–H groups in total. The van der Waals surface area contributed by atoms with E-state index in [0.717, 1.165) is 10.9 Å². The predicted octanol–water partition coefficient (Wildman–Crippen LogP) is 4.19. The molecule has 0 bridgehead atoms. The summed E-state index contributed by atoms with van der Waals surface area (Å²) in [5, 5.41) is 3.98. The fourth-order valence-corrected chi connectivity index (χ4v) is 2.41. The van der Waals surface area contributed by atoms with E-state index in [9.17, 15) is 4.79 Å². The lowest BCUT2D eigenvalue weighted by atomic mass is 10.1. The van der Waals surface area contributed by atoms with E-state index in [-0.39, 0.29) is 21.8 Å². The van der Waals surface area contributed by atoms with Gasteiger partial charge < -0.3 is 5.32 Å². The van der Waals surface area contributed by atoms with E-state index >= 15 is 0 Å². The molecule has 0 spiro atoms. The number of nitrogens with one attached hydrogen (secondary N) is 1. The quantitative estimate of drug-likeness (QED) is 0.721. The molecule has 0 aliphatic rings. The molecule has 0 atom stereocenters. The number of benzene rings is 1. The van der Waals surface area contributed by atoms with Gasteiger partial charge >= 0.3 is 0 Å². The maximum absolute atomic E-state index is 12.3. The summed E-state index contributed by atoms with van der Waals surface area (Å²) in [4.78, 5) is 20.4. The van der Waals surface area contributed by atoms with E-state index < -0.39 is 0 Å². The van der Waals surface area contributed by atoms with Crippen LogP contribution in [0.3, 0.4) is 0 Å². The zero-order valence-electron chi connectivity index (χ0n) is 10.7. The van der Waals surface area contributed by atoms with Gasteiger partial charge in [-0.25, -0.2) is 4.98 Å². The second kappa shape index (κ2) is 5.68. The van der Waals surface area contributed by atoms with Gasteiger partial charge in [0, 0.05) is 11.6 Å². The van der Waals surface area contributed by atoms with Crippen molar-refractivity contribution in [1.82, 2.24) is 9.97 Å². The van der Waals surface area contributed by atoms with Crippen LogP contribution in [0, 0.1) is 0 Å². The number of hydrogen-bond donors (Lipinski definition) is 1. The van der Waals surface area contributed by atoms with Crippen molar-refractivity contribution in [2.24, 2.45) is 0 Å². The van der Waals surface area contributed by atoms with Crippen LogP contribution >= 0.6 is 23.2 Å². The maximum atomic E-state index is 12.3. The van der Waals surface area contributed by atoms with Crippen LogP contribution in [0.15, 0.2) is 48.7 Å². The van der Waals surface area contributed by atoms with Gasteiger partial charge in [0.1, 0.15) is 10.3 Å². The molecule has 3 rings (SSSR count). The van der Waals surface area contributed by atoms with Crippen molar-refractivity contribution in [3.63, 3.8) is 0 Å². The number of carbonyl (C=O) groups is 1. The minimum atomic E-state index is -0.347. The van der Waals surface area contributed by atoms with Gasteiger partial charge in [0.25, 0.3) is 5.91 Å². The molecular weight excluding hydrogens is 309 g/mol. The standard InChI is InChI=1S/C15H9Cl2N3O/c16-13-7-6-10(14(17)20-13)15(21)19-12-5-1-4-11-9(12)3-2-8-18-11/h1-8H,(H,19,21). The zero-order chi connectivity index (χ0) is 14.8. The molecular formula is C15H9Cl2N3O. The van der Waals surface area contributed by atoms with E-state index in [2.05, 4.69) is 15.3 Å². The van der Waals surface area contributed by atoms with Gasteiger partial charge in [0.05, 0.1) is 16.8 Å². The molecule has 6 heteroatoms. The molecule has 0 saturated carbocycles. The van der Waals surface area contributed by atoms with E-state index in [1.165, 1.54) is 12.1 Å². The number of aromatic nitrogens is 2. The minimum Gasteiger partial charge on any atom is -0.321 e. The minimum absolute atomic E-state index is 0.0679. The first kappa shape index (κ1) is 13.8. The zero-order valence-corrected chi connectivity index (χ0v) is 12.2. The number of hydrogen-bond acceptors (Lipinski definition) is 3. The molecule has 21 heavy (non-hydrogen) atoms. The summed E-state index contributed by atoms with van der Waals surface area (Å²) in [6.07, 6.45) is 1.70. The lowest BCUT2D eigenvalue weighted by molar-refractivity contribution is 0.102. The molecule has 2 heterocycles. The molecule has 2 aromatic heterocycles. The van der Waals surface area contributed by atoms with Crippen molar-refractivity contribution in [3.05, 3.63) is 64.5 Å².